The van der Waals surface area contributed by atoms with Crippen LogP contribution in [0.15, 0.2) is 48.5 Å². The van der Waals surface area contributed by atoms with Crippen molar-refractivity contribution in [2.45, 2.75) is 32.2 Å². The molecule has 0 heterocycles. The number of carboxylic acid groups (broad SMARTS) is 1. The molecular weight excluding hydrogens is 326 g/mol. The summed E-state index contributed by atoms with van der Waals surface area (Å²) in [6.07, 6.45) is 0.559. The molecule has 0 saturated carbocycles. The van der Waals surface area contributed by atoms with Gasteiger partial charge in [-0.05, 0) is 36.6 Å². The fourth-order valence-electron chi connectivity index (χ4n) is 2.58. The normalized spacial score (nSPS) is 11.8. The summed E-state index contributed by atoms with van der Waals surface area (Å²) in [5, 5.41) is 12.5. The summed E-state index contributed by atoms with van der Waals surface area (Å²) >= 11 is 5.86. The van der Waals surface area contributed by atoms with Gasteiger partial charge in [-0.3, -0.25) is 9.59 Å². The Morgan fingerprint density at radius 3 is 2.46 bits per heavy atom. The predicted octanol–water partition coefficient (Wildman–Crippen LogP) is 3.39. The monoisotopic (exact) mass is 345 g/mol. The third kappa shape index (κ3) is 6.05. The Bertz CT molecular complexity index is 713. The van der Waals surface area contributed by atoms with Crippen LogP contribution in [0.4, 0.5) is 0 Å². The summed E-state index contributed by atoms with van der Waals surface area (Å²) in [6.45, 7) is 1.97. The van der Waals surface area contributed by atoms with Crippen LogP contribution < -0.4 is 5.32 Å². The third-order valence-electron chi connectivity index (χ3n) is 3.63. The zero-order valence-electron chi connectivity index (χ0n) is 13.5. The van der Waals surface area contributed by atoms with Crippen molar-refractivity contribution in [3.63, 3.8) is 0 Å². The minimum absolute atomic E-state index is 0.123. The van der Waals surface area contributed by atoms with E-state index >= 15 is 0 Å². The van der Waals surface area contributed by atoms with E-state index in [0.29, 0.717) is 11.4 Å². The van der Waals surface area contributed by atoms with Crippen molar-refractivity contribution < 1.29 is 14.7 Å². The third-order valence-corrected chi connectivity index (χ3v) is 3.88. The number of carboxylic acids is 1. The second-order valence-electron chi connectivity index (χ2n) is 5.86. The SMILES string of the molecule is Cc1cccc(CC(=O)NC(CC(=O)O)Cc2ccc(Cl)cc2)c1. The van der Waals surface area contributed by atoms with Gasteiger partial charge >= 0.3 is 5.97 Å². The lowest BCUT2D eigenvalue weighted by atomic mass is 10.0. The van der Waals surface area contributed by atoms with E-state index in [9.17, 15) is 9.59 Å². The van der Waals surface area contributed by atoms with Crippen LogP contribution >= 0.6 is 11.6 Å². The average molecular weight is 346 g/mol. The van der Waals surface area contributed by atoms with Crippen molar-refractivity contribution in [3.8, 4) is 0 Å². The number of rotatable bonds is 7. The molecule has 1 atom stereocenters. The topological polar surface area (TPSA) is 66.4 Å². The molecule has 0 spiro atoms. The van der Waals surface area contributed by atoms with Crippen molar-refractivity contribution in [2.75, 3.05) is 0 Å². The second-order valence-corrected chi connectivity index (χ2v) is 6.30. The lowest BCUT2D eigenvalue weighted by Crippen LogP contribution is -2.38. The van der Waals surface area contributed by atoms with E-state index in [2.05, 4.69) is 5.32 Å². The Hall–Kier alpha value is -2.33. The lowest BCUT2D eigenvalue weighted by molar-refractivity contribution is -0.137. The van der Waals surface area contributed by atoms with Crippen LogP contribution in [0.5, 0.6) is 0 Å². The van der Waals surface area contributed by atoms with Crippen LogP contribution in [0.1, 0.15) is 23.1 Å². The molecule has 1 unspecified atom stereocenters. The molecule has 4 nitrogen and oxygen atoms in total. The molecule has 126 valence electrons. The van der Waals surface area contributed by atoms with Gasteiger partial charge in [0.1, 0.15) is 0 Å². The van der Waals surface area contributed by atoms with Crippen LogP contribution in [-0.4, -0.2) is 23.0 Å². The van der Waals surface area contributed by atoms with E-state index in [1.807, 2.05) is 43.3 Å². The first kappa shape index (κ1) is 18.0. The number of aliphatic carboxylic acids is 1. The molecule has 24 heavy (non-hydrogen) atoms. The highest BCUT2D eigenvalue weighted by molar-refractivity contribution is 6.30. The molecule has 2 rings (SSSR count). The van der Waals surface area contributed by atoms with Crippen LogP contribution in [0.25, 0.3) is 0 Å². The second kappa shape index (κ2) is 8.50. The molecule has 0 aromatic heterocycles. The highest BCUT2D eigenvalue weighted by Crippen LogP contribution is 2.13. The molecule has 1 amide bonds. The molecule has 0 saturated heterocycles. The highest BCUT2D eigenvalue weighted by atomic mass is 35.5. The maximum atomic E-state index is 12.2. The summed E-state index contributed by atoms with van der Waals surface area (Å²) in [6, 6.07) is 14.4. The van der Waals surface area contributed by atoms with E-state index < -0.39 is 12.0 Å². The molecule has 0 aliphatic rings. The summed E-state index contributed by atoms with van der Waals surface area (Å²) in [4.78, 5) is 23.3. The molecule has 0 bridgehead atoms. The highest BCUT2D eigenvalue weighted by Gasteiger charge is 2.17. The first-order chi connectivity index (χ1) is 11.4. The summed E-state index contributed by atoms with van der Waals surface area (Å²) in [7, 11) is 0. The van der Waals surface area contributed by atoms with E-state index in [-0.39, 0.29) is 18.7 Å². The van der Waals surface area contributed by atoms with E-state index in [1.54, 1.807) is 12.1 Å². The molecule has 0 radical (unpaired) electrons. The number of halogens is 1. The van der Waals surface area contributed by atoms with Gasteiger partial charge in [-0.1, -0.05) is 53.6 Å². The number of carbonyl (C=O) groups excluding carboxylic acids is 1. The quantitative estimate of drug-likeness (QED) is 0.808. The Morgan fingerprint density at radius 1 is 1.12 bits per heavy atom. The fraction of sp³-hybridized carbons (Fsp3) is 0.263. The fourth-order valence-corrected chi connectivity index (χ4v) is 2.70. The maximum Gasteiger partial charge on any atom is 0.305 e. The summed E-state index contributed by atoms with van der Waals surface area (Å²) in [5.41, 5.74) is 2.93. The van der Waals surface area contributed by atoms with Crippen molar-refractivity contribution >= 4 is 23.5 Å². The zero-order chi connectivity index (χ0) is 17.5. The number of nitrogens with one attached hydrogen (secondary N) is 1. The van der Waals surface area contributed by atoms with Crippen molar-refractivity contribution in [1.82, 2.24) is 5.32 Å². The van der Waals surface area contributed by atoms with Gasteiger partial charge in [0.2, 0.25) is 5.91 Å². The van der Waals surface area contributed by atoms with Crippen LogP contribution in [0.2, 0.25) is 5.02 Å². The van der Waals surface area contributed by atoms with Gasteiger partial charge in [-0.2, -0.15) is 0 Å². The average Bonchev–Trinajstić information content (AvgIpc) is 2.48. The number of benzene rings is 2. The molecule has 5 heteroatoms. The molecule has 2 aromatic carbocycles. The summed E-state index contributed by atoms with van der Waals surface area (Å²) in [5.74, 6) is -1.12. The van der Waals surface area contributed by atoms with Gasteiger partial charge < -0.3 is 10.4 Å². The lowest BCUT2D eigenvalue weighted by Gasteiger charge is -2.17. The molecule has 0 aliphatic carbocycles. The van der Waals surface area contributed by atoms with Crippen molar-refractivity contribution in [1.29, 1.82) is 0 Å². The molecule has 2 N–H and O–H groups in total. The Balaban J connectivity index is 2.00. The van der Waals surface area contributed by atoms with Gasteiger partial charge in [0, 0.05) is 11.1 Å². The van der Waals surface area contributed by atoms with Crippen molar-refractivity contribution in [3.05, 3.63) is 70.2 Å². The number of hydrogen-bond acceptors (Lipinski definition) is 2. The van der Waals surface area contributed by atoms with Gasteiger partial charge in [0.25, 0.3) is 0 Å². The zero-order valence-corrected chi connectivity index (χ0v) is 14.2. The molecule has 0 aliphatic heterocycles. The minimum atomic E-state index is -0.940. The first-order valence-electron chi connectivity index (χ1n) is 7.73. The largest absolute Gasteiger partial charge is 0.481 e. The molecule has 2 aromatic rings. The van der Waals surface area contributed by atoms with Crippen LogP contribution in [-0.2, 0) is 22.4 Å². The Labute approximate surface area is 146 Å². The minimum Gasteiger partial charge on any atom is -0.481 e. The van der Waals surface area contributed by atoms with E-state index in [1.165, 1.54) is 0 Å². The van der Waals surface area contributed by atoms with Gasteiger partial charge in [0.05, 0.1) is 12.8 Å². The van der Waals surface area contributed by atoms with Gasteiger partial charge in [-0.15, -0.1) is 0 Å². The first-order valence-corrected chi connectivity index (χ1v) is 8.11. The van der Waals surface area contributed by atoms with Crippen molar-refractivity contribution in [2.24, 2.45) is 0 Å². The van der Waals surface area contributed by atoms with Crippen LogP contribution in [0, 0.1) is 6.92 Å². The van der Waals surface area contributed by atoms with Crippen LogP contribution in [0.3, 0.4) is 0 Å². The van der Waals surface area contributed by atoms with Gasteiger partial charge in [-0.25, -0.2) is 0 Å². The predicted molar refractivity (Wildman–Crippen MR) is 94.2 cm³/mol. The number of aryl methyl sites for hydroxylation is 1. The summed E-state index contributed by atoms with van der Waals surface area (Å²) < 4.78 is 0. The van der Waals surface area contributed by atoms with Gasteiger partial charge in [0.15, 0.2) is 0 Å². The standard InChI is InChI=1S/C19H20ClNO3/c1-13-3-2-4-15(9-13)11-18(22)21-17(12-19(23)24)10-14-5-7-16(20)8-6-14/h2-9,17H,10-12H2,1H3,(H,21,22)(H,23,24). The molecular formula is C19H20ClNO3. The smallest absolute Gasteiger partial charge is 0.305 e. The Kier molecular flexibility index (Phi) is 6.38. The number of carbonyl (C=O) groups is 2. The van der Waals surface area contributed by atoms with E-state index in [0.717, 1.165) is 16.7 Å². The Morgan fingerprint density at radius 2 is 1.83 bits per heavy atom. The molecule has 0 fully saturated rings. The van der Waals surface area contributed by atoms with E-state index in [4.69, 9.17) is 16.7 Å². The number of amides is 1. The maximum absolute atomic E-state index is 12.2. The number of hydrogen-bond donors (Lipinski definition) is 2.